The molecule has 4 amide bonds. The predicted octanol–water partition coefficient (Wildman–Crippen LogP) is 1.56. The fourth-order valence-corrected chi connectivity index (χ4v) is 2.25. The van der Waals surface area contributed by atoms with E-state index in [4.69, 9.17) is 0 Å². The van der Waals surface area contributed by atoms with Crippen LogP contribution in [0, 0.1) is 0 Å². The number of unbranched alkanes of at least 4 members (excludes halogenated alkanes) is 1. The quantitative estimate of drug-likeness (QED) is 0.451. The number of benzene rings is 1. The molecule has 1 aromatic rings. The molecular weight excluding hydrogens is 300 g/mol. The van der Waals surface area contributed by atoms with Gasteiger partial charge in [0.2, 0.25) is 0 Å². The van der Waals surface area contributed by atoms with E-state index in [-0.39, 0.29) is 13.1 Å². The Bertz CT molecular complexity index is 638. The van der Waals surface area contributed by atoms with E-state index in [0.717, 1.165) is 16.2 Å². The number of ether oxygens (including phenoxy) is 1. The van der Waals surface area contributed by atoms with Crippen molar-refractivity contribution in [2.24, 2.45) is 0 Å². The van der Waals surface area contributed by atoms with Crippen LogP contribution < -0.4 is 0 Å². The fraction of sp³-hybridized carbons (Fsp3) is 0.375. The van der Waals surface area contributed by atoms with E-state index in [0.29, 0.717) is 17.5 Å². The summed E-state index contributed by atoms with van der Waals surface area (Å²) in [6.07, 6.45) is 1.48. The summed E-state index contributed by atoms with van der Waals surface area (Å²) in [6.45, 7) is 2.18. The second-order valence-corrected chi connectivity index (χ2v) is 5.17. The van der Waals surface area contributed by atoms with Gasteiger partial charge in [0.05, 0.1) is 19.2 Å². The zero-order chi connectivity index (χ0) is 17.0. The van der Waals surface area contributed by atoms with Gasteiger partial charge in [0.15, 0.2) is 0 Å². The lowest BCUT2D eigenvalue weighted by molar-refractivity contribution is -0.143. The molecular formula is C16H18N2O5. The van der Waals surface area contributed by atoms with Crippen LogP contribution in [0.3, 0.4) is 0 Å². The maximum absolute atomic E-state index is 12.2. The fourth-order valence-electron chi connectivity index (χ4n) is 2.25. The molecule has 0 spiro atoms. The summed E-state index contributed by atoms with van der Waals surface area (Å²) in [5.41, 5.74) is 1.01. The van der Waals surface area contributed by atoms with Crippen molar-refractivity contribution in [2.45, 2.75) is 26.3 Å². The third kappa shape index (κ3) is 3.39. The van der Waals surface area contributed by atoms with Gasteiger partial charge in [0.1, 0.15) is 0 Å². The SMILES string of the molecule is CCCCN1C(=O)C(=O)N(Cc2ccc(C(=O)OC)cc2)C1=O. The third-order valence-corrected chi connectivity index (χ3v) is 3.59. The molecule has 122 valence electrons. The number of carbonyl (C=O) groups excluding carboxylic acids is 4. The molecule has 0 aromatic heterocycles. The molecule has 2 rings (SSSR count). The summed E-state index contributed by atoms with van der Waals surface area (Å²) in [7, 11) is 1.29. The van der Waals surface area contributed by atoms with E-state index in [1.54, 1.807) is 24.3 Å². The average molecular weight is 318 g/mol. The van der Waals surface area contributed by atoms with Crippen LogP contribution in [0.5, 0.6) is 0 Å². The number of hydrogen-bond acceptors (Lipinski definition) is 5. The summed E-state index contributed by atoms with van der Waals surface area (Å²) in [6, 6.07) is 5.73. The topological polar surface area (TPSA) is 84.0 Å². The number of carbonyl (C=O) groups is 4. The van der Waals surface area contributed by atoms with Gasteiger partial charge in [-0.2, -0.15) is 0 Å². The molecule has 0 bridgehead atoms. The molecule has 0 radical (unpaired) electrons. The summed E-state index contributed by atoms with van der Waals surface area (Å²) in [5, 5.41) is 0. The lowest BCUT2D eigenvalue weighted by atomic mass is 10.1. The highest BCUT2D eigenvalue weighted by Crippen LogP contribution is 2.17. The average Bonchev–Trinajstić information content (AvgIpc) is 2.77. The number of rotatable bonds is 6. The Morgan fingerprint density at radius 1 is 1.04 bits per heavy atom. The molecule has 1 saturated heterocycles. The van der Waals surface area contributed by atoms with Gasteiger partial charge in [0, 0.05) is 6.54 Å². The minimum absolute atomic E-state index is 0.00646. The number of urea groups is 1. The predicted molar refractivity (Wildman–Crippen MR) is 80.3 cm³/mol. The van der Waals surface area contributed by atoms with Crippen molar-refractivity contribution >= 4 is 23.8 Å². The van der Waals surface area contributed by atoms with Gasteiger partial charge in [-0.05, 0) is 24.1 Å². The summed E-state index contributed by atoms with van der Waals surface area (Å²) in [4.78, 5) is 49.3. The summed E-state index contributed by atoms with van der Waals surface area (Å²) < 4.78 is 4.60. The molecule has 0 N–H and O–H groups in total. The van der Waals surface area contributed by atoms with E-state index in [1.807, 2.05) is 6.92 Å². The Balaban J connectivity index is 2.10. The molecule has 7 heteroatoms. The first-order valence-corrected chi connectivity index (χ1v) is 7.34. The van der Waals surface area contributed by atoms with Gasteiger partial charge in [-0.25, -0.2) is 9.59 Å². The molecule has 0 atom stereocenters. The third-order valence-electron chi connectivity index (χ3n) is 3.59. The molecule has 1 aromatic carbocycles. The van der Waals surface area contributed by atoms with Crippen molar-refractivity contribution < 1.29 is 23.9 Å². The van der Waals surface area contributed by atoms with Crippen molar-refractivity contribution in [1.29, 1.82) is 0 Å². The van der Waals surface area contributed by atoms with Crippen LogP contribution in [0.4, 0.5) is 4.79 Å². The Morgan fingerprint density at radius 2 is 1.65 bits per heavy atom. The van der Waals surface area contributed by atoms with E-state index in [1.165, 1.54) is 7.11 Å². The van der Waals surface area contributed by atoms with Crippen molar-refractivity contribution in [3.63, 3.8) is 0 Å². The van der Waals surface area contributed by atoms with Gasteiger partial charge < -0.3 is 4.74 Å². The summed E-state index contributed by atoms with van der Waals surface area (Å²) in [5.74, 6) is -2.07. The van der Waals surface area contributed by atoms with Crippen LogP contribution in [0.15, 0.2) is 24.3 Å². The van der Waals surface area contributed by atoms with Gasteiger partial charge in [0.25, 0.3) is 0 Å². The molecule has 23 heavy (non-hydrogen) atoms. The van der Waals surface area contributed by atoms with Gasteiger partial charge in [-0.3, -0.25) is 19.4 Å². The van der Waals surface area contributed by atoms with Gasteiger partial charge >= 0.3 is 23.8 Å². The molecule has 1 fully saturated rings. The Kier molecular flexibility index (Phi) is 5.10. The zero-order valence-corrected chi connectivity index (χ0v) is 13.1. The van der Waals surface area contributed by atoms with Gasteiger partial charge in [-0.15, -0.1) is 0 Å². The Labute approximate surface area is 133 Å². The van der Waals surface area contributed by atoms with Crippen LogP contribution in [-0.2, 0) is 20.9 Å². The standard InChI is InChI=1S/C16H18N2O5/c1-3-4-9-17-13(19)14(20)18(16(17)22)10-11-5-7-12(8-6-11)15(21)23-2/h5-8H,3-4,9-10H2,1-2H3. The number of methoxy groups -OCH3 is 1. The molecule has 1 aliphatic heterocycles. The number of esters is 1. The van der Waals surface area contributed by atoms with Gasteiger partial charge in [-0.1, -0.05) is 25.5 Å². The Morgan fingerprint density at radius 3 is 2.22 bits per heavy atom. The molecule has 0 aliphatic carbocycles. The first-order valence-electron chi connectivity index (χ1n) is 7.34. The smallest absolute Gasteiger partial charge is 0.337 e. The second kappa shape index (κ2) is 7.04. The molecule has 1 heterocycles. The van der Waals surface area contributed by atoms with Crippen LogP contribution in [0.25, 0.3) is 0 Å². The van der Waals surface area contributed by atoms with Crippen molar-refractivity contribution in [2.75, 3.05) is 13.7 Å². The first-order chi connectivity index (χ1) is 11.0. The van der Waals surface area contributed by atoms with E-state index >= 15 is 0 Å². The lowest BCUT2D eigenvalue weighted by Gasteiger charge is -2.15. The minimum atomic E-state index is -0.817. The number of nitrogens with zero attached hydrogens (tertiary/aromatic N) is 2. The normalized spacial score (nSPS) is 14.6. The molecule has 0 unspecified atom stereocenters. The van der Waals surface area contributed by atoms with Crippen molar-refractivity contribution in [3.05, 3.63) is 35.4 Å². The number of amides is 4. The van der Waals surface area contributed by atoms with Crippen LogP contribution >= 0.6 is 0 Å². The number of hydrogen-bond donors (Lipinski definition) is 0. The zero-order valence-electron chi connectivity index (χ0n) is 13.1. The van der Waals surface area contributed by atoms with Crippen LogP contribution in [-0.4, -0.2) is 47.3 Å². The lowest BCUT2D eigenvalue weighted by Crippen LogP contribution is -2.33. The maximum Gasteiger partial charge on any atom is 0.337 e. The Hall–Kier alpha value is -2.70. The molecule has 1 aliphatic rings. The maximum atomic E-state index is 12.2. The van der Waals surface area contributed by atoms with Crippen LogP contribution in [0.1, 0.15) is 35.7 Å². The van der Waals surface area contributed by atoms with Crippen molar-refractivity contribution in [3.8, 4) is 0 Å². The molecule has 7 nitrogen and oxygen atoms in total. The van der Waals surface area contributed by atoms with E-state index in [9.17, 15) is 19.2 Å². The molecule has 0 saturated carbocycles. The van der Waals surface area contributed by atoms with E-state index in [2.05, 4.69) is 4.74 Å². The number of imide groups is 2. The second-order valence-electron chi connectivity index (χ2n) is 5.17. The largest absolute Gasteiger partial charge is 0.465 e. The highest BCUT2D eigenvalue weighted by molar-refractivity contribution is 6.44. The monoisotopic (exact) mass is 318 g/mol. The minimum Gasteiger partial charge on any atom is -0.465 e. The first kappa shape index (κ1) is 16.7. The highest BCUT2D eigenvalue weighted by Gasteiger charge is 2.43. The van der Waals surface area contributed by atoms with Crippen molar-refractivity contribution in [1.82, 2.24) is 9.80 Å². The van der Waals surface area contributed by atoms with E-state index < -0.39 is 23.8 Å². The van der Waals surface area contributed by atoms with Crippen LogP contribution in [0.2, 0.25) is 0 Å². The highest BCUT2D eigenvalue weighted by atomic mass is 16.5. The summed E-state index contributed by atoms with van der Waals surface area (Å²) >= 11 is 0.